The normalized spacial score (nSPS) is 10.8. The highest BCUT2D eigenvalue weighted by atomic mass is 15.3. The number of aryl methyl sites for hydroxylation is 1. The lowest BCUT2D eigenvalue weighted by atomic mass is 10.4. The molecule has 1 radical (unpaired) electrons. The molecule has 0 aliphatic carbocycles. The van der Waals surface area contributed by atoms with Gasteiger partial charge < -0.3 is 0 Å². The van der Waals surface area contributed by atoms with Crippen molar-refractivity contribution in [1.29, 1.82) is 0 Å². The summed E-state index contributed by atoms with van der Waals surface area (Å²) >= 11 is 0. The Morgan fingerprint density at radius 2 is 2.27 bits per heavy atom. The van der Waals surface area contributed by atoms with Crippen LogP contribution in [0.5, 0.6) is 0 Å². The molecule has 0 amide bonds. The van der Waals surface area contributed by atoms with Crippen LogP contribution in [-0.2, 0) is 6.54 Å². The molecule has 1 rings (SSSR count). The Labute approximate surface area is 67.6 Å². The van der Waals surface area contributed by atoms with E-state index in [4.69, 9.17) is 0 Å². The van der Waals surface area contributed by atoms with Crippen LogP contribution in [0.25, 0.3) is 0 Å². The molecule has 0 spiro atoms. The predicted octanol–water partition coefficient (Wildman–Crippen LogP) is 0.673. The average Bonchev–Trinajstić information content (AvgIpc) is 2.39. The number of aromatic nitrogens is 2. The summed E-state index contributed by atoms with van der Waals surface area (Å²) in [6.45, 7) is 2.14. The Kier molecular flexibility index (Phi) is 3.11. The fourth-order valence-electron chi connectivity index (χ4n) is 0.982. The van der Waals surface area contributed by atoms with Crippen molar-refractivity contribution in [3.05, 3.63) is 18.5 Å². The van der Waals surface area contributed by atoms with Gasteiger partial charge in [0.2, 0.25) is 0 Å². The predicted molar refractivity (Wildman–Crippen MR) is 45.7 cm³/mol. The van der Waals surface area contributed by atoms with Crippen LogP contribution >= 0.6 is 0 Å². The summed E-state index contributed by atoms with van der Waals surface area (Å²) in [6.07, 6.45) is 4.97. The van der Waals surface area contributed by atoms with Crippen molar-refractivity contribution in [2.75, 3.05) is 20.6 Å². The van der Waals surface area contributed by atoms with E-state index in [0.717, 1.165) is 19.5 Å². The van der Waals surface area contributed by atoms with Crippen molar-refractivity contribution in [3.8, 4) is 0 Å². The number of nitrogens with zero attached hydrogens (tertiary/aromatic N) is 3. The maximum Gasteiger partial charge on any atom is 0.124 e. The van der Waals surface area contributed by atoms with Gasteiger partial charge in [-0.1, -0.05) is 0 Å². The Balaban J connectivity index is 2.14. The molecular formula is C8H15N3+. The largest absolute Gasteiger partial charge is 0.273 e. The van der Waals surface area contributed by atoms with Crippen LogP contribution in [0.2, 0.25) is 0 Å². The molecule has 0 unspecified atom stereocenters. The van der Waals surface area contributed by atoms with Crippen LogP contribution in [-0.4, -0.2) is 30.4 Å². The third-order valence-corrected chi connectivity index (χ3v) is 1.55. The van der Waals surface area contributed by atoms with Gasteiger partial charge in [-0.2, -0.15) is 10.00 Å². The second-order valence-electron chi connectivity index (χ2n) is 2.93. The molecule has 0 N–H and O–H groups in total. The molecule has 0 saturated heterocycles. The highest BCUT2D eigenvalue weighted by molar-refractivity contribution is 4.77. The van der Waals surface area contributed by atoms with E-state index in [-0.39, 0.29) is 0 Å². The topological polar surface area (TPSA) is 23.7 Å². The standard InChI is InChI=1S/C8H15N3/c1-10(2)6-4-8-11-7-3-5-9-11/h3,5,7H,4,6,8H2,1-2H3/q+1. The van der Waals surface area contributed by atoms with Gasteiger partial charge in [0.15, 0.2) is 0 Å². The lowest BCUT2D eigenvalue weighted by molar-refractivity contribution is 0.488. The first-order valence-electron chi connectivity index (χ1n) is 3.91. The zero-order valence-electron chi connectivity index (χ0n) is 7.20. The van der Waals surface area contributed by atoms with Gasteiger partial charge in [-0.15, -0.1) is 0 Å². The average molecular weight is 153 g/mol. The molecule has 0 atom stereocenters. The summed E-state index contributed by atoms with van der Waals surface area (Å²) in [6, 6.07) is 1.95. The lowest BCUT2D eigenvalue weighted by Crippen LogP contribution is -2.21. The van der Waals surface area contributed by atoms with Crippen LogP contribution in [0, 0.1) is 0 Å². The fraction of sp³-hybridized carbons (Fsp3) is 0.625. The molecule has 0 aromatic carbocycles. The van der Waals surface area contributed by atoms with Crippen molar-refractivity contribution in [3.63, 3.8) is 0 Å². The Morgan fingerprint density at radius 1 is 1.45 bits per heavy atom. The fourth-order valence-corrected chi connectivity index (χ4v) is 0.982. The van der Waals surface area contributed by atoms with E-state index < -0.39 is 0 Å². The van der Waals surface area contributed by atoms with Gasteiger partial charge in [-0.25, -0.2) is 0 Å². The smallest absolute Gasteiger partial charge is 0.124 e. The maximum atomic E-state index is 4.11. The Bertz CT molecular complexity index is 179. The minimum atomic E-state index is 1.02. The monoisotopic (exact) mass is 153 g/mol. The van der Waals surface area contributed by atoms with Crippen molar-refractivity contribution < 1.29 is 0 Å². The van der Waals surface area contributed by atoms with Crippen molar-refractivity contribution in [2.45, 2.75) is 13.0 Å². The lowest BCUT2D eigenvalue weighted by Gasteiger charge is -2.00. The Hall–Kier alpha value is -0.830. The van der Waals surface area contributed by atoms with Gasteiger partial charge in [0.1, 0.15) is 20.6 Å². The van der Waals surface area contributed by atoms with E-state index in [9.17, 15) is 0 Å². The van der Waals surface area contributed by atoms with Gasteiger partial charge in [0.25, 0.3) is 0 Å². The molecule has 0 bridgehead atoms. The highest BCUT2D eigenvalue weighted by Gasteiger charge is 1.98. The molecule has 0 fully saturated rings. The van der Waals surface area contributed by atoms with Gasteiger partial charge >= 0.3 is 0 Å². The number of rotatable bonds is 4. The SMILES string of the molecule is C[N+](C)CCCn1cccn1. The van der Waals surface area contributed by atoms with Crippen LogP contribution in [0.15, 0.2) is 18.5 Å². The molecule has 3 nitrogen and oxygen atoms in total. The minimum absolute atomic E-state index is 1.02. The summed E-state index contributed by atoms with van der Waals surface area (Å²) in [5.74, 6) is 0. The van der Waals surface area contributed by atoms with Crippen LogP contribution in [0.3, 0.4) is 0 Å². The zero-order valence-corrected chi connectivity index (χ0v) is 7.20. The Morgan fingerprint density at radius 3 is 2.82 bits per heavy atom. The van der Waals surface area contributed by atoms with E-state index >= 15 is 0 Å². The molecule has 61 valence electrons. The summed E-state index contributed by atoms with van der Waals surface area (Å²) in [4.78, 5) is 2.18. The summed E-state index contributed by atoms with van der Waals surface area (Å²) < 4.78 is 1.96. The molecule has 0 aliphatic heterocycles. The van der Waals surface area contributed by atoms with Crippen LogP contribution in [0.1, 0.15) is 6.42 Å². The minimum Gasteiger partial charge on any atom is -0.273 e. The van der Waals surface area contributed by atoms with E-state index in [1.54, 1.807) is 0 Å². The van der Waals surface area contributed by atoms with E-state index in [0.29, 0.717) is 0 Å². The van der Waals surface area contributed by atoms with Crippen LogP contribution < -0.4 is 4.90 Å². The summed E-state index contributed by atoms with van der Waals surface area (Å²) in [5.41, 5.74) is 0. The zero-order chi connectivity index (χ0) is 8.10. The number of hydrogen-bond donors (Lipinski definition) is 0. The van der Waals surface area contributed by atoms with Gasteiger partial charge in [0.05, 0.1) is 0 Å². The van der Waals surface area contributed by atoms with Crippen molar-refractivity contribution in [2.24, 2.45) is 0 Å². The summed E-state index contributed by atoms with van der Waals surface area (Å²) in [5, 5.41) is 4.11. The maximum absolute atomic E-state index is 4.11. The van der Waals surface area contributed by atoms with Gasteiger partial charge in [-0.05, 0) is 6.07 Å². The van der Waals surface area contributed by atoms with E-state index in [2.05, 4.69) is 24.1 Å². The highest BCUT2D eigenvalue weighted by Crippen LogP contribution is 1.88. The van der Waals surface area contributed by atoms with E-state index in [1.165, 1.54) is 0 Å². The van der Waals surface area contributed by atoms with E-state index in [1.807, 2.05) is 23.1 Å². The molecule has 3 heteroatoms. The molecule has 1 heterocycles. The molecule has 1 aromatic rings. The third-order valence-electron chi connectivity index (χ3n) is 1.55. The van der Waals surface area contributed by atoms with Gasteiger partial charge in [-0.3, -0.25) is 4.68 Å². The quantitative estimate of drug-likeness (QED) is 0.583. The molecular weight excluding hydrogens is 138 g/mol. The van der Waals surface area contributed by atoms with Crippen LogP contribution in [0.4, 0.5) is 0 Å². The van der Waals surface area contributed by atoms with Gasteiger partial charge in [0, 0.05) is 25.4 Å². The first-order valence-corrected chi connectivity index (χ1v) is 3.91. The van der Waals surface area contributed by atoms with Crippen molar-refractivity contribution >= 4 is 0 Å². The molecule has 1 aromatic heterocycles. The molecule has 0 saturated carbocycles. The van der Waals surface area contributed by atoms with Crippen molar-refractivity contribution in [1.82, 2.24) is 14.7 Å². The first kappa shape index (κ1) is 8.27. The third kappa shape index (κ3) is 3.18. The molecule has 0 aliphatic rings. The number of hydrogen-bond acceptors (Lipinski definition) is 2. The summed E-state index contributed by atoms with van der Waals surface area (Å²) in [7, 11) is 4.17. The second kappa shape index (κ2) is 4.13. The first-order chi connectivity index (χ1) is 5.29. The molecule has 11 heavy (non-hydrogen) atoms. The second-order valence-corrected chi connectivity index (χ2v) is 2.93.